The molecule has 0 aromatic heterocycles. The molecule has 1 aliphatic rings. The summed E-state index contributed by atoms with van der Waals surface area (Å²) in [6.45, 7) is 2.16. The fourth-order valence-corrected chi connectivity index (χ4v) is 4.24. The summed E-state index contributed by atoms with van der Waals surface area (Å²) < 4.78 is 72.2. The topological polar surface area (TPSA) is 32.8 Å². The van der Waals surface area contributed by atoms with Gasteiger partial charge in [0.2, 0.25) is 0 Å². The Hall–Kier alpha value is -3.01. The van der Waals surface area contributed by atoms with Crippen molar-refractivity contribution in [3.05, 3.63) is 106 Å². The lowest BCUT2D eigenvalue weighted by Gasteiger charge is -2.36. The number of rotatable bonds is 7. The van der Waals surface area contributed by atoms with Crippen molar-refractivity contribution in [1.82, 2.24) is 9.80 Å². The van der Waals surface area contributed by atoms with Crippen LogP contribution in [0, 0.1) is 11.6 Å². The number of carbonyl (C=O) groups is 1. The summed E-state index contributed by atoms with van der Waals surface area (Å²) in [6, 6.07) is 14.7. The van der Waals surface area contributed by atoms with Gasteiger partial charge in [-0.1, -0.05) is 35.9 Å². The van der Waals surface area contributed by atoms with E-state index in [-0.39, 0.29) is 12.2 Å². The van der Waals surface area contributed by atoms with Crippen LogP contribution in [0.4, 0.5) is 22.0 Å². The van der Waals surface area contributed by atoms with Crippen LogP contribution in [0.3, 0.4) is 0 Å². The van der Waals surface area contributed by atoms with Crippen molar-refractivity contribution >= 4 is 17.5 Å². The zero-order valence-corrected chi connectivity index (χ0v) is 20.4. The highest BCUT2D eigenvalue weighted by Crippen LogP contribution is 2.30. The summed E-state index contributed by atoms with van der Waals surface area (Å²) in [5.41, 5.74) is 0.416. The molecular weight excluding hydrogens is 515 g/mol. The maximum absolute atomic E-state index is 14.0. The van der Waals surface area contributed by atoms with E-state index in [9.17, 15) is 26.7 Å². The van der Waals surface area contributed by atoms with Gasteiger partial charge in [0.25, 0.3) is 5.91 Å². The SMILES string of the molecule is O=C(c1cc(F)ccc1F)N1CCN(C[C@@H](OCc2ccc(C(F)(F)F)cc2)c2ccc(Cl)cc2)CC1. The van der Waals surface area contributed by atoms with E-state index in [1.54, 1.807) is 12.1 Å². The Morgan fingerprint density at radius 2 is 1.57 bits per heavy atom. The molecule has 10 heteroatoms. The minimum Gasteiger partial charge on any atom is -0.368 e. The third-order valence-corrected chi connectivity index (χ3v) is 6.47. The van der Waals surface area contributed by atoms with E-state index in [4.69, 9.17) is 16.3 Å². The lowest BCUT2D eigenvalue weighted by Crippen LogP contribution is -2.49. The number of hydrogen-bond acceptors (Lipinski definition) is 3. The monoisotopic (exact) mass is 538 g/mol. The van der Waals surface area contributed by atoms with Crippen LogP contribution >= 0.6 is 11.6 Å². The average Bonchev–Trinajstić information content (AvgIpc) is 2.88. The minimum atomic E-state index is -4.41. The number of alkyl halides is 3. The van der Waals surface area contributed by atoms with Gasteiger partial charge in [0.1, 0.15) is 11.6 Å². The number of nitrogens with zero attached hydrogens (tertiary/aromatic N) is 2. The van der Waals surface area contributed by atoms with Gasteiger partial charge >= 0.3 is 6.18 Å². The highest BCUT2D eigenvalue weighted by Gasteiger charge is 2.30. The Morgan fingerprint density at radius 1 is 0.919 bits per heavy atom. The van der Waals surface area contributed by atoms with Gasteiger partial charge in [-0.2, -0.15) is 13.2 Å². The van der Waals surface area contributed by atoms with Gasteiger partial charge in [-0.3, -0.25) is 9.69 Å². The van der Waals surface area contributed by atoms with E-state index in [1.807, 2.05) is 12.1 Å². The Kier molecular flexibility index (Phi) is 8.46. The number of hydrogen-bond donors (Lipinski definition) is 0. The fourth-order valence-electron chi connectivity index (χ4n) is 4.12. The molecule has 1 amide bonds. The lowest BCUT2D eigenvalue weighted by molar-refractivity contribution is -0.137. The number of benzene rings is 3. The Labute approximate surface area is 216 Å². The van der Waals surface area contributed by atoms with Crippen LogP contribution in [0.25, 0.3) is 0 Å². The molecule has 3 aromatic rings. The van der Waals surface area contributed by atoms with Crippen LogP contribution in [0.5, 0.6) is 0 Å². The molecule has 1 aliphatic heterocycles. The molecule has 1 atom stereocenters. The largest absolute Gasteiger partial charge is 0.416 e. The first-order chi connectivity index (χ1) is 17.6. The van der Waals surface area contributed by atoms with Gasteiger partial charge in [0.05, 0.1) is 23.8 Å². The van der Waals surface area contributed by atoms with Crippen molar-refractivity contribution in [3.8, 4) is 0 Å². The van der Waals surface area contributed by atoms with E-state index in [0.717, 1.165) is 35.9 Å². The quantitative estimate of drug-likeness (QED) is 0.329. The number of halogens is 6. The highest BCUT2D eigenvalue weighted by molar-refractivity contribution is 6.30. The van der Waals surface area contributed by atoms with Crippen molar-refractivity contribution in [2.75, 3.05) is 32.7 Å². The standard InChI is InChI=1S/C27H24ClF5N2O2/c28-21-7-3-19(4-8-21)25(37-17-18-1-5-20(6-2-18)27(31,32)33)16-34-11-13-35(14-12-34)26(36)23-15-22(29)9-10-24(23)30/h1-10,15,25H,11-14,16-17H2/t25-/m1/s1. The van der Waals surface area contributed by atoms with Crippen molar-refractivity contribution in [2.24, 2.45) is 0 Å². The van der Waals surface area contributed by atoms with Crippen molar-refractivity contribution < 1.29 is 31.5 Å². The molecule has 4 nitrogen and oxygen atoms in total. The number of amides is 1. The Morgan fingerprint density at radius 3 is 2.19 bits per heavy atom. The summed E-state index contributed by atoms with van der Waals surface area (Å²) in [5, 5.41) is 0.557. The molecule has 0 saturated carbocycles. The number of carbonyl (C=O) groups excluding carboxylic acids is 1. The molecule has 1 saturated heterocycles. The zero-order valence-electron chi connectivity index (χ0n) is 19.6. The molecule has 196 valence electrons. The van der Waals surface area contributed by atoms with E-state index in [0.29, 0.717) is 43.3 Å². The maximum Gasteiger partial charge on any atom is 0.416 e. The molecule has 1 heterocycles. The van der Waals surface area contributed by atoms with Crippen LogP contribution in [-0.4, -0.2) is 48.4 Å². The van der Waals surface area contributed by atoms with E-state index in [2.05, 4.69) is 4.90 Å². The fraction of sp³-hybridized carbons (Fsp3) is 0.296. The summed E-state index contributed by atoms with van der Waals surface area (Å²) in [5.74, 6) is -2.02. The van der Waals surface area contributed by atoms with Crippen LogP contribution in [-0.2, 0) is 17.5 Å². The molecule has 0 unspecified atom stereocenters. The second kappa shape index (κ2) is 11.6. The molecule has 0 bridgehead atoms. The third kappa shape index (κ3) is 7.06. The first-order valence-electron chi connectivity index (χ1n) is 11.6. The van der Waals surface area contributed by atoms with Crippen LogP contribution in [0.2, 0.25) is 5.02 Å². The highest BCUT2D eigenvalue weighted by atomic mass is 35.5. The second-order valence-electron chi connectivity index (χ2n) is 8.76. The van der Waals surface area contributed by atoms with E-state index < -0.39 is 35.4 Å². The predicted octanol–water partition coefficient (Wildman–Crippen LogP) is 6.35. The summed E-state index contributed by atoms with van der Waals surface area (Å²) in [4.78, 5) is 16.3. The molecule has 1 fully saturated rings. The summed E-state index contributed by atoms with van der Waals surface area (Å²) >= 11 is 6.02. The molecule has 37 heavy (non-hydrogen) atoms. The number of ether oxygens (including phenoxy) is 1. The Bertz CT molecular complexity index is 1210. The van der Waals surface area contributed by atoms with Gasteiger partial charge in [0, 0.05) is 37.7 Å². The zero-order chi connectivity index (χ0) is 26.6. The molecule has 0 N–H and O–H groups in total. The van der Waals surface area contributed by atoms with Gasteiger partial charge < -0.3 is 9.64 Å². The van der Waals surface area contributed by atoms with E-state index >= 15 is 0 Å². The molecule has 0 radical (unpaired) electrons. The predicted molar refractivity (Wildman–Crippen MR) is 129 cm³/mol. The second-order valence-corrected chi connectivity index (χ2v) is 9.20. The van der Waals surface area contributed by atoms with Gasteiger partial charge in [-0.25, -0.2) is 8.78 Å². The first-order valence-corrected chi connectivity index (χ1v) is 12.0. The molecule has 4 rings (SSSR count). The molecular formula is C27H24ClF5N2O2. The Balaban J connectivity index is 1.40. The van der Waals surface area contributed by atoms with Gasteiger partial charge in [-0.15, -0.1) is 0 Å². The van der Waals surface area contributed by atoms with Crippen molar-refractivity contribution in [3.63, 3.8) is 0 Å². The smallest absolute Gasteiger partial charge is 0.368 e. The van der Waals surface area contributed by atoms with Crippen LogP contribution < -0.4 is 0 Å². The maximum atomic E-state index is 14.0. The number of piperazine rings is 1. The third-order valence-electron chi connectivity index (χ3n) is 6.22. The van der Waals surface area contributed by atoms with Crippen LogP contribution in [0.1, 0.15) is 33.2 Å². The van der Waals surface area contributed by atoms with Crippen LogP contribution in [0.15, 0.2) is 66.7 Å². The van der Waals surface area contributed by atoms with Gasteiger partial charge in [-0.05, 0) is 53.6 Å². The average molecular weight is 539 g/mol. The summed E-state index contributed by atoms with van der Waals surface area (Å²) in [7, 11) is 0. The van der Waals surface area contributed by atoms with E-state index in [1.165, 1.54) is 17.0 Å². The van der Waals surface area contributed by atoms with Gasteiger partial charge in [0.15, 0.2) is 0 Å². The van der Waals surface area contributed by atoms with Crippen molar-refractivity contribution in [2.45, 2.75) is 18.9 Å². The molecule has 0 spiro atoms. The first kappa shape index (κ1) is 27.0. The lowest BCUT2D eigenvalue weighted by atomic mass is 10.1. The summed E-state index contributed by atoms with van der Waals surface area (Å²) in [6.07, 6.45) is -4.82. The molecule has 0 aliphatic carbocycles. The van der Waals surface area contributed by atoms with Crippen molar-refractivity contribution in [1.29, 1.82) is 0 Å². The molecule has 3 aromatic carbocycles. The normalized spacial score (nSPS) is 15.6. The minimum absolute atomic E-state index is 0.0999.